The van der Waals surface area contributed by atoms with Crippen LogP contribution in [-0.4, -0.2) is 24.6 Å². The molecule has 1 aromatic rings. The minimum Gasteiger partial charge on any atom is -0.356 e. The van der Waals surface area contributed by atoms with Crippen LogP contribution in [0.1, 0.15) is 25.0 Å². The lowest BCUT2D eigenvalue weighted by Crippen LogP contribution is -2.38. The van der Waals surface area contributed by atoms with Crippen LogP contribution < -0.4 is 10.6 Å². The van der Waals surface area contributed by atoms with E-state index < -0.39 is 0 Å². The van der Waals surface area contributed by atoms with Gasteiger partial charge in [-0.25, -0.2) is 4.98 Å². The zero-order valence-corrected chi connectivity index (χ0v) is 10.2. The van der Waals surface area contributed by atoms with Crippen molar-refractivity contribution >= 4 is 5.82 Å². The van der Waals surface area contributed by atoms with Crippen molar-refractivity contribution in [2.24, 2.45) is 11.7 Å². The van der Waals surface area contributed by atoms with Gasteiger partial charge in [0, 0.05) is 18.8 Å². The molecule has 0 radical (unpaired) electrons. The zero-order valence-electron chi connectivity index (χ0n) is 10.2. The van der Waals surface area contributed by atoms with E-state index in [1.165, 1.54) is 19.3 Å². The van der Waals surface area contributed by atoms with Gasteiger partial charge in [0.15, 0.2) is 0 Å². The first-order valence-electron chi connectivity index (χ1n) is 6.09. The third kappa shape index (κ3) is 2.19. The quantitative estimate of drug-likeness (QED) is 0.845. The molecular formula is C13H21N3. The molecule has 0 aliphatic heterocycles. The number of nitrogens with zero attached hydrogens (tertiary/aromatic N) is 2. The van der Waals surface area contributed by atoms with E-state index in [-0.39, 0.29) is 0 Å². The highest BCUT2D eigenvalue weighted by atomic mass is 15.2. The molecule has 2 atom stereocenters. The minimum atomic E-state index is 0.569. The van der Waals surface area contributed by atoms with E-state index in [0.29, 0.717) is 12.0 Å². The van der Waals surface area contributed by atoms with Gasteiger partial charge in [-0.05, 0) is 44.4 Å². The summed E-state index contributed by atoms with van der Waals surface area (Å²) in [4.78, 5) is 6.87. The van der Waals surface area contributed by atoms with Crippen LogP contribution in [-0.2, 0) is 0 Å². The van der Waals surface area contributed by atoms with Gasteiger partial charge in [-0.2, -0.15) is 0 Å². The molecule has 2 N–H and O–H groups in total. The van der Waals surface area contributed by atoms with Crippen LogP contribution >= 0.6 is 0 Å². The Hall–Kier alpha value is -1.09. The van der Waals surface area contributed by atoms with Gasteiger partial charge in [0.05, 0.1) is 0 Å². The Morgan fingerprint density at radius 2 is 2.25 bits per heavy atom. The van der Waals surface area contributed by atoms with E-state index in [1.807, 2.05) is 13.0 Å². The number of aromatic nitrogens is 1. The molecule has 1 aromatic heterocycles. The second-order valence-corrected chi connectivity index (χ2v) is 4.74. The highest BCUT2D eigenvalue weighted by Crippen LogP contribution is 2.30. The second-order valence-electron chi connectivity index (χ2n) is 4.74. The van der Waals surface area contributed by atoms with E-state index in [2.05, 4.69) is 29.1 Å². The SMILES string of the molecule is Cc1cccc(N(C)C2CCCC2CN)n1. The van der Waals surface area contributed by atoms with Crippen LogP contribution in [0, 0.1) is 12.8 Å². The first-order valence-corrected chi connectivity index (χ1v) is 6.09. The van der Waals surface area contributed by atoms with Gasteiger partial charge in [-0.3, -0.25) is 0 Å². The van der Waals surface area contributed by atoms with Gasteiger partial charge in [0.1, 0.15) is 5.82 Å². The fraction of sp³-hybridized carbons (Fsp3) is 0.615. The van der Waals surface area contributed by atoms with Gasteiger partial charge in [0.2, 0.25) is 0 Å². The second kappa shape index (κ2) is 4.83. The summed E-state index contributed by atoms with van der Waals surface area (Å²) in [6, 6.07) is 6.76. The van der Waals surface area contributed by atoms with Crippen molar-refractivity contribution in [1.29, 1.82) is 0 Å². The smallest absolute Gasteiger partial charge is 0.128 e. The van der Waals surface area contributed by atoms with Crippen molar-refractivity contribution in [3.05, 3.63) is 23.9 Å². The number of aryl methyl sites for hydroxylation is 1. The lowest BCUT2D eigenvalue weighted by Gasteiger charge is -2.30. The summed E-state index contributed by atoms with van der Waals surface area (Å²) in [5.74, 6) is 1.71. The van der Waals surface area contributed by atoms with Gasteiger partial charge < -0.3 is 10.6 Å². The fourth-order valence-electron chi connectivity index (χ4n) is 2.70. The Morgan fingerprint density at radius 3 is 2.94 bits per heavy atom. The maximum absolute atomic E-state index is 5.82. The first-order chi connectivity index (χ1) is 7.72. The topological polar surface area (TPSA) is 42.1 Å². The molecule has 2 unspecified atom stereocenters. The van der Waals surface area contributed by atoms with Gasteiger partial charge in [0.25, 0.3) is 0 Å². The molecule has 1 fully saturated rings. The van der Waals surface area contributed by atoms with Crippen molar-refractivity contribution < 1.29 is 0 Å². The minimum absolute atomic E-state index is 0.569. The molecule has 2 rings (SSSR count). The molecular weight excluding hydrogens is 198 g/mol. The summed E-state index contributed by atoms with van der Waals surface area (Å²) in [6.07, 6.45) is 3.80. The predicted molar refractivity (Wildman–Crippen MR) is 67.6 cm³/mol. The standard InChI is InChI=1S/C13H21N3/c1-10-5-3-8-13(15-10)16(2)12-7-4-6-11(12)9-14/h3,5,8,11-12H,4,6-7,9,14H2,1-2H3. The third-order valence-electron chi connectivity index (χ3n) is 3.65. The van der Waals surface area contributed by atoms with Crippen molar-refractivity contribution in [3.8, 4) is 0 Å². The number of hydrogen-bond donors (Lipinski definition) is 1. The molecule has 1 heterocycles. The molecule has 0 spiro atoms. The van der Waals surface area contributed by atoms with Crippen LogP contribution in [0.4, 0.5) is 5.82 Å². The van der Waals surface area contributed by atoms with Gasteiger partial charge >= 0.3 is 0 Å². The predicted octanol–water partition coefficient (Wildman–Crippen LogP) is 1.95. The Balaban J connectivity index is 2.15. The molecule has 16 heavy (non-hydrogen) atoms. The Labute approximate surface area is 97.7 Å². The van der Waals surface area contributed by atoms with Crippen LogP contribution in [0.3, 0.4) is 0 Å². The highest BCUT2D eigenvalue weighted by Gasteiger charge is 2.29. The monoisotopic (exact) mass is 219 g/mol. The van der Waals surface area contributed by atoms with Crippen molar-refractivity contribution in [2.45, 2.75) is 32.2 Å². The van der Waals surface area contributed by atoms with E-state index in [1.54, 1.807) is 0 Å². The molecule has 0 amide bonds. The maximum atomic E-state index is 5.82. The molecule has 1 aliphatic rings. The normalized spacial score (nSPS) is 24.7. The summed E-state index contributed by atoms with van der Waals surface area (Å²) in [6.45, 7) is 2.83. The molecule has 0 aromatic carbocycles. The number of rotatable bonds is 3. The summed E-state index contributed by atoms with van der Waals surface area (Å²) in [5.41, 5.74) is 6.90. The van der Waals surface area contributed by atoms with E-state index in [4.69, 9.17) is 5.73 Å². The first kappa shape index (κ1) is 11.4. The Morgan fingerprint density at radius 1 is 1.44 bits per heavy atom. The average molecular weight is 219 g/mol. The Bertz CT molecular complexity index is 351. The van der Waals surface area contributed by atoms with Crippen molar-refractivity contribution in [3.63, 3.8) is 0 Å². The lowest BCUT2D eigenvalue weighted by atomic mass is 10.0. The lowest BCUT2D eigenvalue weighted by molar-refractivity contribution is 0.472. The van der Waals surface area contributed by atoms with Crippen LogP contribution in [0.25, 0.3) is 0 Å². The maximum Gasteiger partial charge on any atom is 0.128 e. The number of hydrogen-bond acceptors (Lipinski definition) is 3. The summed E-state index contributed by atoms with van der Waals surface area (Å²) < 4.78 is 0. The number of nitrogens with two attached hydrogens (primary N) is 1. The number of pyridine rings is 1. The Kier molecular flexibility index (Phi) is 3.44. The molecule has 3 heteroatoms. The molecule has 3 nitrogen and oxygen atoms in total. The van der Waals surface area contributed by atoms with Gasteiger partial charge in [-0.1, -0.05) is 12.5 Å². The van der Waals surface area contributed by atoms with Crippen molar-refractivity contribution in [1.82, 2.24) is 4.98 Å². The van der Waals surface area contributed by atoms with Gasteiger partial charge in [-0.15, -0.1) is 0 Å². The average Bonchev–Trinajstić information content (AvgIpc) is 2.76. The highest BCUT2D eigenvalue weighted by molar-refractivity contribution is 5.40. The van der Waals surface area contributed by atoms with Crippen LogP contribution in [0.5, 0.6) is 0 Å². The largest absolute Gasteiger partial charge is 0.356 e. The molecule has 0 saturated heterocycles. The summed E-state index contributed by atoms with van der Waals surface area (Å²) in [5, 5.41) is 0. The molecule has 1 saturated carbocycles. The van der Waals surface area contributed by atoms with Crippen LogP contribution in [0.2, 0.25) is 0 Å². The van der Waals surface area contributed by atoms with Crippen molar-refractivity contribution in [2.75, 3.05) is 18.5 Å². The molecule has 1 aliphatic carbocycles. The third-order valence-corrected chi connectivity index (χ3v) is 3.65. The molecule has 0 bridgehead atoms. The number of anilines is 1. The van der Waals surface area contributed by atoms with E-state index >= 15 is 0 Å². The van der Waals surface area contributed by atoms with E-state index in [9.17, 15) is 0 Å². The van der Waals surface area contributed by atoms with Crippen LogP contribution in [0.15, 0.2) is 18.2 Å². The summed E-state index contributed by atoms with van der Waals surface area (Å²) in [7, 11) is 2.14. The molecule has 88 valence electrons. The van der Waals surface area contributed by atoms with E-state index in [0.717, 1.165) is 18.1 Å². The zero-order chi connectivity index (χ0) is 11.5. The fourth-order valence-corrected chi connectivity index (χ4v) is 2.70. The summed E-state index contributed by atoms with van der Waals surface area (Å²) >= 11 is 0.